The number of hydrogen-bond acceptors (Lipinski definition) is 3. The summed E-state index contributed by atoms with van der Waals surface area (Å²) in [4.78, 5) is 26.6. The zero-order valence-electron chi connectivity index (χ0n) is 7.57. The zero-order valence-corrected chi connectivity index (χ0v) is 8.46. The molecule has 82 valence electrons. The average molecular weight is 231 g/mol. The fourth-order valence-corrected chi connectivity index (χ4v) is 0.932. The van der Waals surface area contributed by atoms with E-state index in [1.807, 2.05) is 30.3 Å². The molecular formula is C8H10NO5P. The van der Waals surface area contributed by atoms with Gasteiger partial charge in [-0.15, -0.1) is 0 Å². The molecular weight excluding hydrogens is 221 g/mol. The van der Waals surface area contributed by atoms with Gasteiger partial charge in [-0.05, 0) is 12.1 Å². The van der Waals surface area contributed by atoms with Crippen molar-refractivity contribution in [1.82, 2.24) is 5.48 Å². The molecule has 0 atom stereocenters. The molecule has 0 unspecified atom stereocenters. The SMILES string of the molecule is C1=Cc2ccccc2ON1.O=P(O)(O)O. The lowest BCUT2D eigenvalue weighted by Crippen LogP contribution is -2.13. The van der Waals surface area contributed by atoms with Crippen LogP contribution in [0, 0.1) is 0 Å². The number of phosphoric acid groups is 1. The third-order valence-corrected chi connectivity index (χ3v) is 1.42. The van der Waals surface area contributed by atoms with Crippen LogP contribution in [0.5, 0.6) is 5.75 Å². The molecule has 0 fully saturated rings. The minimum atomic E-state index is -4.64. The molecule has 0 spiro atoms. The Morgan fingerprint density at radius 1 is 1.20 bits per heavy atom. The minimum Gasteiger partial charge on any atom is -0.382 e. The number of para-hydroxylation sites is 1. The lowest BCUT2D eigenvalue weighted by atomic mass is 10.2. The van der Waals surface area contributed by atoms with Crippen LogP contribution in [0.1, 0.15) is 5.56 Å². The molecule has 0 amide bonds. The largest absolute Gasteiger partial charge is 0.466 e. The molecule has 1 heterocycles. The van der Waals surface area contributed by atoms with Crippen molar-refractivity contribution in [2.45, 2.75) is 0 Å². The molecule has 0 aromatic heterocycles. The Morgan fingerprint density at radius 2 is 1.80 bits per heavy atom. The van der Waals surface area contributed by atoms with Crippen molar-refractivity contribution in [2.75, 3.05) is 0 Å². The normalized spacial score (nSPS) is 12.7. The van der Waals surface area contributed by atoms with Gasteiger partial charge in [0.25, 0.3) is 0 Å². The molecule has 1 aromatic rings. The maximum atomic E-state index is 8.88. The van der Waals surface area contributed by atoms with E-state index in [1.165, 1.54) is 0 Å². The van der Waals surface area contributed by atoms with Crippen LogP contribution in [0.15, 0.2) is 30.5 Å². The molecule has 4 N–H and O–H groups in total. The van der Waals surface area contributed by atoms with Crippen LogP contribution in [0.3, 0.4) is 0 Å². The Hall–Kier alpha value is -1.33. The Morgan fingerprint density at radius 3 is 2.40 bits per heavy atom. The monoisotopic (exact) mass is 231 g/mol. The predicted molar refractivity (Wildman–Crippen MR) is 53.5 cm³/mol. The quantitative estimate of drug-likeness (QED) is 0.488. The molecule has 7 heteroatoms. The first-order valence-electron chi connectivity index (χ1n) is 3.93. The van der Waals surface area contributed by atoms with E-state index >= 15 is 0 Å². The maximum Gasteiger partial charge on any atom is 0.466 e. The summed E-state index contributed by atoms with van der Waals surface area (Å²) in [5.41, 5.74) is 3.77. The Kier molecular flexibility index (Phi) is 3.88. The number of fused-ring (bicyclic) bond motifs is 1. The van der Waals surface area contributed by atoms with E-state index in [0.717, 1.165) is 11.3 Å². The molecule has 1 aromatic carbocycles. The van der Waals surface area contributed by atoms with Gasteiger partial charge in [0.2, 0.25) is 0 Å². The van der Waals surface area contributed by atoms with E-state index in [2.05, 4.69) is 5.48 Å². The van der Waals surface area contributed by atoms with Crippen molar-refractivity contribution in [3.63, 3.8) is 0 Å². The average Bonchev–Trinajstić information content (AvgIpc) is 2.16. The van der Waals surface area contributed by atoms with Crippen LogP contribution >= 0.6 is 7.82 Å². The van der Waals surface area contributed by atoms with Crippen molar-refractivity contribution in [1.29, 1.82) is 0 Å². The Balaban J connectivity index is 0.000000195. The third-order valence-electron chi connectivity index (χ3n) is 1.42. The van der Waals surface area contributed by atoms with Crippen LogP contribution < -0.4 is 10.3 Å². The summed E-state index contributed by atoms with van der Waals surface area (Å²) in [5, 5.41) is 0. The summed E-state index contributed by atoms with van der Waals surface area (Å²) in [6.07, 6.45) is 3.74. The topological polar surface area (TPSA) is 99.0 Å². The fraction of sp³-hybridized carbons (Fsp3) is 0. The molecule has 1 aliphatic heterocycles. The van der Waals surface area contributed by atoms with Crippen molar-refractivity contribution in [3.8, 4) is 5.75 Å². The summed E-state index contributed by atoms with van der Waals surface area (Å²) < 4.78 is 8.88. The molecule has 1 aliphatic rings. The van der Waals surface area contributed by atoms with Gasteiger partial charge in [-0.25, -0.2) is 10.0 Å². The Bertz CT molecular complexity index is 392. The van der Waals surface area contributed by atoms with Gasteiger partial charge in [0.05, 0.1) is 0 Å². The number of rotatable bonds is 0. The summed E-state index contributed by atoms with van der Waals surface area (Å²) in [6.45, 7) is 0. The van der Waals surface area contributed by atoms with Gasteiger partial charge >= 0.3 is 7.82 Å². The van der Waals surface area contributed by atoms with E-state index in [4.69, 9.17) is 24.1 Å². The van der Waals surface area contributed by atoms with E-state index in [9.17, 15) is 0 Å². The summed E-state index contributed by atoms with van der Waals surface area (Å²) in [7, 11) is -4.64. The van der Waals surface area contributed by atoms with E-state index in [1.54, 1.807) is 6.20 Å². The van der Waals surface area contributed by atoms with E-state index in [0.29, 0.717) is 0 Å². The van der Waals surface area contributed by atoms with Gasteiger partial charge in [-0.3, -0.25) is 0 Å². The maximum absolute atomic E-state index is 8.88. The highest BCUT2D eigenvalue weighted by molar-refractivity contribution is 7.45. The highest BCUT2D eigenvalue weighted by Crippen LogP contribution is 2.25. The molecule has 0 saturated carbocycles. The lowest BCUT2D eigenvalue weighted by molar-refractivity contribution is 0.239. The molecule has 0 radical (unpaired) electrons. The minimum absolute atomic E-state index is 0.880. The van der Waals surface area contributed by atoms with Gasteiger partial charge in [0, 0.05) is 11.8 Å². The van der Waals surface area contributed by atoms with Crippen molar-refractivity contribution < 1.29 is 24.1 Å². The number of hydroxylamine groups is 1. The van der Waals surface area contributed by atoms with Crippen LogP contribution in [0.4, 0.5) is 0 Å². The molecule has 2 rings (SSSR count). The van der Waals surface area contributed by atoms with Crippen molar-refractivity contribution in [2.24, 2.45) is 0 Å². The highest BCUT2D eigenvalue weighted by Gasteiger charge is 2.01. The molecule has 15 heavy (non-hydrogen) atoms. The van der Waals surface area contributed by atoms with E-state index in [-0.39, 0.29) is 0 Å². The lowest BCUT2D eigenvalue weighted by Gasteiger charge is -2.11. The molecule has 6 nitrogen and oxygen atoms in total. The standard InChI is InChI=1S/C8H7NO.H3O4P/c1-2-4-8-7(3-1)5-6-9-10-8;1-5(2,3)4/h1-6,9H;(H3,1,2,3,4). The smallest absolute Gasteiger partial charge is 0.382 e. The number of nitrogens with one attached hydrogen (secondary N) is 1. The van der Waals surface area contributed by atoms with Crippen LogP contribution in [0.25, 0.3) is 6.08 Å². The van der Waals surface area contributed by atoms with Gasteiger partial charge < -0.3 is 19.5 Å². The predicted octanol–water partition coefficient (Wildman–Crippen LogP) is 0.626. The second-order valence-electron chi connectivity index (χ2n) is 2.60. The highest BCUT2D eigenvalue weighted by atomic mass is 31.2. The van der Waals surface area contributed by atoms with Gasteiger partial charge in [-0.1, -0.05) is 18.2 Å². The number of hydrogen-bond donors (Lipinski definition) is 4. The van der Waals surface area contributed by atoms with Crippen molar-refractivity contribution >= 4 is 13.9 Å². The summed E-state index contributed by atoms with van der Waals surface area (Å²) in [6, 6.07) is 7.86. The first-order chi connectivity index (χ1) is 6.97. The van der Waals surface area contributed by atoms with Crippen molar-refractivity contribution in [3.05, 3.63) is 36.0 Å². The van der Waals surface area contributed by atoms with Gasteiger partial charge in [0.15, 0.2) is 5.75 Å². The first kappa shape index (κ1) is 11.7. The zero-order chi connectivity index (χ0) is 11.3. The number of benzene rings is 1. The van der Waals surface area contributed by atoms with Gasteiger partial charge in [0.1, 0.15) is 0 Å². The molecule has 0 saturated heterocycles. The second-order valence-corrected chi connectivity index (χ2v) is 3.63. The summed E-state index contributed by atoms with van der Waals surface area (Å²) in [5.74, 6) is 0.880. The molecule has 0 aliphatic carbocycles. The summed E-state index contributed by atoms with van der Waals surface area (Å²) >= 11 is 0. The van der Waals surface area contributed by atoms with Gasteiger partial charge in [-0.2, -0.15) is 0 Å². The van der Waals surface area contributed by atoms with Crippen LogP contribution in [0.2, 0.25) is 0 Å². The molecule has 0 bridgehead atoms. The van der Waals surface area contributed by atoms with Crippen LogP contribution in [-0.4, -0.2) is 14.7 Å². The second kappa shape index (κ2) is 4.95. The fourth-order valence-electron chi connectivity index (χ4n) is 0.932. The van der Waals surface area contributed by atoms with E-state index < -0.39 is 7.82 Å². The first-order valence-corrected chi connectivity index (χ1v) is 5.49. The van der Waals surface area contributed by atoms with Crippen LogP contribution in [-0.2, 0) is 4.57 Å². The Labute approximate surface area is 86.0 Å². The third kappa shape index (κ3) is 5.19.